The molecule has 1 aromatic carbocycles. The molecule has 0 heterocycles. The maximum atomic E-state index is 13.5. The number of carbonyl (C=O) groups excluding carboxylic acids is 1. The average molecular weight is 187 g/mol. The van der Waals surface area contributed by atoms with Crippen LogP contribution in [-0.2, 0) is 10.5 Å². The van der Waals surface area contributed by atoms with Crippen LogP contribution in [0.1, 0.15) is 12.5 Å². The molecule has 0 amide bonds. The smallest absolute Gasteiger partial charge is 0.263 e. The lowest BCUT2D eigenvalue weighted by Gasteiger charge is -2.14. The van der Waals surface area contributed by atoms with Gasteiger partial charge in [-0.25, -0.2) is 4.39 Å². The summed E-state index contributed by atoms with van der Waals surface area (Å²) >= 11 is 5.09. The van der Waals surface area contributed by atoms with Gasteiger partial charge in [-0.15, -0.1) is 0 Å². The van der Waals surface area contributed by atoms with Crippen LogP contribution in [0.15, 0.2) is 30.3 Å². The highest BCUT2D eigenvalue weighted by Gasteiger charge is 2.33. The first kappa shape index (κ1) is 9.20. The topological polar surface area (TPSA) is 17.1 Å². The van der Waals surface area contributed by atoms with Crippen molar-refractivity contribution in [2.75, 3.05) is 0 Å². The molecule has 0 aliphatic heterocycles. The van der Waals surface area contributed by atoms with E-state index in [-0.39, 0.29) is 5.56 Å². The fraction of sp³-hybridized carbons (Fsp3) is 0.222. The number of hydrogen-bond acceptors (Lipinski definition) is 1. The Bertz CT molecular complexity index is 282. The van der Waals surface area contributed by atoms with Gasteiger partial charge in [0.1, 0.15) is 0 Å². The van der Waals surface area contributed by atoms with Gasteiger partial charge in [0.25, 0.3) is 5.24 Å². The van der Waals surface area contributed by atoms with Crippen LogP contribution < -0.4 is 0 Å². The van der Waals surface area contributed by atoms with E-state index in [1.807, 2.05) is 0 Å². The molecule has 0 aliphatic rings. The molecule has 0 aromatic heterocycles. The molecule has 0 bridgehead atoms. The van der Waals surface area contributed by atoms with Gasteiger partial charge in [-0.2, -0.15) is 0 Å². The van der Waals surface area contributed by atoms with E-state index in [1.54, 1.807) is 18.2 Å². The van der Waals surface area contributed by atoms with E-state index in [0.717, 1.165) is 6.92 Å². The lowest BCUT2D eigenvalue weighted by molar-refractivity contribution is -0.121. The summed E-state index contributed by atoms with van der Waals surface area (Å²) in [4.78, 5) is 10.7. The van der Waals surface area contributed by atoms with Crippen LogP contribution in [0.4, 0.5) is 4.39 Å². The number of alkyl halides is 1. The van der Waals surface area contributed by atoms with Gasteiger partial charge in [-0.05, 0) is 24.1 Å². The van der Waals surface area contributed by atoms with Gasteiger partial charge in [0, 0.05) is 0 Å². The highest BCUT2D eigenvalue weighted by Crippen LogP contribution is 2.27. The number of hydrogen-bond donors (Lipinski definition) is 0. The zero-order valence-electron chi connectivity index (χ0n) is 6.55. The Balaban J connectivity index is 3.06. The molecule has 0 aliphatic carbocycles. The minimum Gasteiger partial charge on any atom is -0.277 e. The molecular formula is C9H8ClFO. The molecule has 1 rings (SSSR count). The van der Waals surface area contributed by atoms with Crippen molar-refractivity contribution < 1.29 is 9.18 Å². The summed E-state index contributed by atoms with van der Waals surface area (Å²) in [5.41, 5.74) is -1.80. The van der Waals surface area contributed by atoms with Gasteiger partial charge in [-0.1, -0.05) is 30.3 Å². The lowest BCUT2D eigenvalue weighted by Crippen LogP contribution is -2.22. The zero-order chi connectivity index (χ0) is 9.19. The highest BCUT2D eigenvalue weighted by atomic mass is 35.5. The molecule has 0 saturated carbocycles. The van der Waals surface area contributed by atoms with Crippen LogP contribution in [-0.4, -0.2) is 5.24 Å². The largest absolute Gasteiger partial charge is 0.277 e. The second kappa shape index (κ2) is 3.23. The molecule has 0 saturated heterocycles. The van der Waals surface area contributed by atoms with Gasteiger partial charge in [0.2, 0.25) is 5.67 Å². The summed E-state index contributed by atoms with van der Waals surface area (Å²) in [6.07, 6.45) is 0. The Morgan fingerprint density at radius 1 is 1.42 bits per heavy atom. The van der Waals surface area contributed by atoms with Crippen LogP contribution >= 0.6 is 11.6 Å². The molecule has 3 heteroatoms. The quantitative estimate of drug-likeness (QED) is 0.649. The first-order chi connectivity index (χ1) is 5.55. The molecule has 0 fully saturated rings. The van der Waals surface area contributed by atoms with Crippen molar-refractivity contribution in [1.82, 2.24) is 0 Å². The van der Waals surface area contributed by atoms with Crippen molar-refractivity contribution in [3.8, 4) is 0 Å². The standard InChI is InChI=1S/C9H8ClFO/c1-9(11,8(10)12)7-5-3-2-4-6-7/h2-6H,1H3. The lowest BCUT2D eigenvalue weighted by atomic mass is 10.00. The summed E-state index contributed by atoms with van der Waals surface area (Å²) in [5.74, 6) is 0. The number of halogens is 2. The molecule has 0 N–H and O–H groups in total. The molecule has 64 valence electrons. The number of rotatable bonds is 2. The Hall–Kier alpha value is -0.890. The first-order valence-electron chi connectivity index (χ1n) is 3.49. The van der Waals surface area contributed by atoms with E-state index < -0.39 is 10.9 Å². The minimum absolute atomic E-state index is 0.282. The summed E-state index contributed by atoms with van der Waals surface area (Å²) in [6, 6.07) is 8.12. The number of carbonyl (C=O) groups is 1. The van der Waals surface area contributed by atoms with Gasteiger partial charge < -0.3 is 0 Å². The Labute approximate surface area is 75.2 Å². The van der Waals surface area contributed by atoms with Crippen molar-refractivity contribution in [2.45, 2.75) is 12.6 Å². The van der Waals surface area contributed by atoms with Gasteiger partial charge in [0.15, 0.2) is 0 Å². The molecule has 1 nitrogen and oxygen atoms in total. The third-order valence-corrected chi connectivity index (χ3v) is 2.04. The van der Waals surface area contributed by atoms with Crippen LogP contribution in [0.2, 0.25) is 0 Å². The fourth-order valence-electron chi connectivity index (χ4n) is 0.865. The van der Waals surface area contributed by atoms with Crippen LogP contribution in [0.3, 0.4) is 0 Å². The number of benzene rings is 1. The van der Waals surface area contributed by atoms with Crippen molar-refractivity contribution in [1.29, 1.82) is 0 Å². The monoisotopic (exact) mass is 186 g/mol. The van der Waals surface area contributed by atoms with Gasteiger partial charge in [0.05, 0.1) is 0 Å². The molecule has 12 heavy (non-hydrogen) atoms. The molecule has 1 unspecified atom stereocenters. The van der Waals surface area contributed by atoms with Crippen molar-refractivity contribution >= 4 is 16.8 Å². The molecule has 0 spiro atoms. The Kier molecular flexibility index (Phi) is 2.48. The Morgan fingerprint density at radius 3 is 2.33 bits per heavy atom. The van der Waals surface area contributed by atoms with E-state index in [2.05, 4.69) is 0 Å². The van der Waals surface area contributed by atoms with Crippen LogP contribution in [0, 0.1) is 0 Å². The summed E-state index contributed by atoms with van der Waals surface area (Å²) in [7, 11) is 0. The van der Waals surface area contributed by atoms with Crippen LogP contribution in [0.5, 0.6) is 0 Å². The van der Waals surface area contributed by atoms with Crippen molar-refractivity contribution in [2.24, 2.45) is 0 Å². The van der Waals surface area contributed by atoms with Crippen molar-refractivity contribution in [3.63, 3.8) is 0 Å². The maximum absolute atomic E-state index is 13.5. The molecule has 0 radical (unpaired) electrons. The third-order valence-electron chi connectivity index (χ3n) is 1.69. The maximum Gasteiger partial charge on any atom is 0.263 e. The minimum atomic E-state index is -2.08. The molecule has 1 atom stereocenters. The fourth-order valence-corrected chi connectivity index (χ4v) is 0.974. The van der Waals surface area contributed by atoms with Gasteiger partial charge in [-0.3, -0.25) is 4.79 Å². The third kappa shape index (κ3) is 1.64. The van der Waals surface area contributed by atoms with E-state index in [9.17, 15) is 9.18 Å². The second-order valence-corrected chi connectivity index (χ2v) is 2.99. The first-order valence-corrected chi connectivity index (χ1v) is 3.87. The normalized spacial score (nSPS) is 15.2. The molecular weight excluding hydrogens is 179 g/mol. The second-order valence-electron chi connectivity index (χ2n) is 2.64. The van der Waals surface area contributed by atoms with E-state index in [4.69, 9.17) is 11.6 Å². The predicted molar refractivity (Wildman–Crippen MR) is 45.8 cm³/mol. The van der Waals surface area contributed by atoms with E-state index in [1.165, 1.54) is 12.1 Å². The summed E-state index contributed by atoms with van der Waals surface area (Å²) in [6.45, 7) is 1.15. The summed E-state index contributed by atoms with van der Waals surface area (Å²) < 4.78 is 13.5. The summed E-state index contributed by atoms with van der Waals surface area (Å²) in [5, 5.41) is -0.992. The van der Waals surface area contributed by atoms with Gasteiger partial charge >= 0.3 is 0 Å². The van der Waals surface area contributed by atoms with E-state index >= 15 is 0 Å². The highest BCUT2D eigenvalue weighted by molar-refractivity contribution is 6.65. The Morgan fingerprint density at radius 2 is 1.92 bits per heavy atom. The van der Waals surface area contributed by atoms with E-state index in [0.29, 0.717) is 0 Å². The SMILES string of the molecule is CC(F)(C(=O)Cl)c1ccccc1. The zero-order valence-corrected chi connectivity index (χ0v) is 7.31. The predicted octanol–water partition coefficient (Wildman–Crippen LogP) is 2.64. The van der Waals surface area contributed by atoms with Crippen LogP contribution in [0.25, 0.3) is 0 Å². The average Bonchev–Trinajstić information content (AvgIpc) is 2.06. The van der Waals surface area contributed by atoms with Crippen molar-refractivity contribution in [3.05, 3.63) is 35.9 Å². The molecule has 1 aromatic rings.